The zero-order chi connectivity index (χ0) is 19.6. The van der Waals surface area contributed by atoms with Crippen molar-refractivity contribution in [2.75, 3.05) is 6.61 Å². The number of rotatable bonds is 5. The summed E-state index contributed by atoms with van der Waals surface area (Å²) < 4.78 is 10.7. The highest BCUT2D eigenvalue weighted by atomic mass is 16.7. The number of aliphatic hydroxyl groups excluding tert-OH is 4. The van der Waals surface area contributed by atoms with Crippen molar-refractivity contribution in [1.82, 2.24) is 0 Å². The molecular formula is C19H20O8. The van der Waals surface area contributed by atoms with Gasteiger partial charge in [0.05, 0.1) is 12.2 Å². The molecule has 2 aromatic carbocycles. The van der Waals surface area contributed by atoms with E-state index in [1.165, 1.54) is 18.2 Å². The molecule has 0 bridgehead atoms. The van der Waals surface area contributed by atoms with Crippen molar-refractivity contribution in [2.45, 2.75) is 30.7 Å². The number of phenolic OH excluding ortho intramolecular Hbond substituents is 1. The van der Waals surface area contributed by atoms with Gasteiger partial charge in [-0.15, -0.1) is 0 Å². The molecule has 5 atom stereocenters. The molecule has 1 fully saturated rings. The first-order chi connectivity index (χ1) is 12.9. The molecule has 1 saturated heterocycles. The monoisotopic (exact) mass is 376 g/mol. The van der Waals surface area contributed by atoms with Crippen molar-refractivity contribution in [3.05, 3.63) is 59.7 Å². The van der Waals surface area contributed by atoms with Gasteiger partial charge in [-0.25, -0.2) is 0 Å². The van der Waals surface area contributed by atoms with Gasteiger partial charge in [0.25, 0.3) is 0 Å². The lowest BCUT2D eigenvalue weighted by Crippen LogP contribution is -2.60. The maximum atomic E-state index is 12.4. The van der Waals surface area contributed by atoms with Crippen molar-refractivity contribution in [2.24, 2.45) is 0 Å². The second kappa shape index (κ2) is 8.03. The number of ketones is 1. The second-order valence-electron chi connectivity index (χ2n) is 6.19. The number of aliphatic hydroxyl groups is 4. The Morgan fingerprint density at radius 2 is 1.70 bits per heavy atom. The predicted octanol–water partition coefficient (Wildman–Crippen LogP) is -0.198. The molecule has 0 aliphatic carbocycles. The molecule has 2 aromatic rings. The van der Waals surface area contributed by atoms with Gasteiger partial charge in [0.2, 0.25) is 6.29 Å². The summed E-state index contributed by atoms with van der Waals surface area (Å²) in [6.07, 6.45) is -7.13. The topological polar surface area (TPSA) is 137 Å². The Labute approximate surface area is 154 Å². The zero-order valence-electron chi connectivity index (χ0n) is 14.2. The quantitative estimate of drug-likeness (QED) is 0.453. The minimum absolute atomic E-state index is 0.0708. The minimum atomic E-state index is -1.58. The van der Waals surface area contributed by atoms with E-state index < -0.39 is 37.3 Å². The van der Waals surface area contributed by atoms with Crippen LogP contribution in [0.4, 0.5) is 0 Å². The van der Waals surface area contributed by atoms with E-state index in [0.29, 0.717) is 5.56 Å². The van der Waals surface area contributed by atoms with Crippen molar-refractivity contribution in [1.29, 1.82) is 0 Å². The third-order valence-electron chi connectivity index (χ3n) is 4.35. The molecule has 1 aliphatic rings. The highest BCUT2D eigenvalue weighted by Gasteiger charge is 2.44. The van der Waals surface area contributed by atoms with Crippen molar-refractivity contribution in [3.63, 3.8) is 0 Å². The summed E-state index contributed by atoms with van der Waals surface area (Å²) in [4.78, 5) is 12.4. The van der Waals surface area contributed by atoms with E-state index >= 15 is 0 Å². The molecule has 0 unspecified atom stereocenters. The maximum Gasteiger partial charge on any atom is 0.229 e. The molecular weight excluding hydrogens is 356 g/mol. The largest absolute Gasteiger partial charge is 0.507 e. The molecule has 0 saturated carbocycles. The minimum Gasteiger partial charge on any atom is -0.507 e. The van der Waals surface area contributed by atoms with Crippen molar-refractivity contribution < 1.29 is 39.8 Å². The lowest BCUT2D eigenvalue weighted by atomic mass is 9.99. The van der Waals surface area contributed by atoms with E-state index in [0.717, 1.165) is 0 Å². The van der Waals surface area contributed by atoms with Crippen LogP contribution in [-0.4, -0.2) is 68.6 Å². The summed E-state index contributed by atoms with van der Waals surface area (Å²) in [5, 5.41) is 48.9. The molecule has 8 heteroatoms. The van der Waals surface area contributed by atoms with Crippen LogP contribution >= 0.6 is 0 Å². The number of hydrogen-bond acceptors (Lipinski definition) is 8. The summed E-state index contributed by atoms with van der Waals surface area (Å²) in [7, 11) is 0. The number of carbonyl (C=O) groups excluding carboxylic acids is 1. The SMILES string of the molecule is O=C(c1ccccc1)c1ccc(O[C@H]2O[C@H](CO)[C@@H](O)[C@H](O)[C@H]2O)cc1O. The van der Waals surface area contributed by atoms with Crippen LogP contribution in [0.25, 0.3) is 0 Å². The molecule has 8 nitrogen and oxygen atoms in total. The molecule has 144 valence electrons. The van der Waals surface area contributed by atoms with Gasteiger partial charge in [0, 0.05) is 11.6 Å². The maximum absolute atomic E-state index is 12.4. The van der Waals surface area contributed by atoms with Crippen molar-refractivity contribution in [3.8, 4) is 11.5 Å². The fourth-order valence-corrected chi connectivity index (χ4v) is 2.82. The number of aromatic hydroxyl groups is 1. The van der Waals surface area contributed by atoms with Crippen LogP contribution in [0.2, 0.25) is 0 Å². The molecule has 0 spiro atoms. The number of phenols is 1. The van der Waals surface area contributed by atoms with Gasteiger partial charge in [-0.2, -0.15) is 0 Å². The third-order valence-corrected chi connectivity index (χ3v) is 4.35. The Morgan fingerprint density at radius 1 is 1.00 bits per heavy atom. The van der Waals surface area contributed by atoms with Crippen LogP contribution in [-0.2, 0) is 4.74 Å². The number of ether oxygens (including phenoxy) is 2. The van der Waals surface area contributed by atoms with Gasteiger partial charge >= 0.3 is 0 Å². The van der Waals surface area contributed by atoms with E-state index in [4.69, 9.17) is 9.47 Å². The average Bonchev–Trinajstić information content (AvgIpc) is 2.68. The molecule has 1 heterocycles. The summed E-state index contributed by atoms with van der Waals surface area (Å²) in [6.45, 7) is -0.583. The zero-order valence-corrected chi connectivity index (χ0v) is 14.2. The van der Waals surface area contributed by atoms with E-state index in [1.54, 1.807) is 30.3 Å². The van der Waals surface area contributed by atoms with Gasteiger partial charge in [0.1, 0.15) is 35.9 Å². The lowest BCUT2D eigenvalue weighted by molar-refractivity contribution is -0.277. The van der Waals surface area contributed by atoms with Crippen LogP contribution in [0.1, 0.15) is 15.9 Å². The molecule has 3 rings (SSSR count). The average molecular weight is 376 g/mol. The van der Waals surface area contributed by atoms with Gasteiger partial charge in [-0.3, -0.25) is 4.79 Å². The predicted molar refractivity (Wildman–Crippen MR) is 92.4 cm³/mol. The first kappa shape index (κ1) is 19.3. The fourth-order valence-electron chi connectivity index (χ4n) is 2.82. The van der Waals surface area contributed by atoms with E-state index in [1.807, 2.05) is 0 Å². The number of benzene rings is 2. The smallest absolute Gasteiger partial charge is 0.229 e. The summed E-state index contributed by atoms with van der Waals surface area (Å²) in [5.41, 5.74) is 0.484. The molecule has 0 radical (unpaired) electrons. The van der Waals surface area contributed by atoms with E-state index in [9.17, 15) is 30.3 Å². The van der Waals surface area contributed by atoms with Gasteiger partial charge < -0.3 is 35.0 Å². The lowest BCUT2D eigenvalue weighted by Gasteiger charge is -2.39. The summed E-state index contributed by atoms with van der Waals surface area (Å²) >= 11 is 0. The Kier molecular flexibility index (Phi) is 5.73. The molecule has 27 heavy (non-hydrogen) atoms. The highest BCUT2D eigenvalue weighted by molar-refractivity contribution is 6.10. The van der Waals surface area contributed by atoms with Crippen molar-refractivity contribution >= 4 is 5.78 Å². The van der Waals surface area contributed by atoms with E-state index in [2.05, 4.69) is 0 Å². The Hall–Kier alpha value is -2.49. The normalized spacial score (nSPS) is 27.9. The summed E-state index contributed by atoms with van der Waals surface area (Å²) in [6, 6.07) is 12.4. The van der Waals surface area contributed by atoms with Gasteiger partial charge in [0.15, 0.2) is 5.78 Å². The number of carbonyl (C=O) groups is 1. The Balaban J connectivity index is 1.77. The van der Waals surface area contributed by atoms with Crippen LogP contribution in [0.15, 0.2) is 48.5 Å². The fraction of sp³-hybridized carbons (Fsp3) is 0.316. The van der Waals surface area contributed by atoms with Crippen LogP contribution in [0.5, 0.6) is 11.5 Å². The van der Waals surface area contributed by atoms with Crippen LogP contribution < -0.4 is 4.74 Å². The Morgan fingerprint density at radius 3 is 2.33 bits per heavy atom. The molecule has 5 N–H and O–H groups in total. The van der Waals surface area contributed by atoms with Gasteiger partial charge in [-0.05, 0) is 12.1 Å². The van der Waals surface area contributed by atoms with Crippen LogP contribution in [0, 0.1) is 0 Å². The standard InChI is InChI=1S/C19H20O8/c20-9-14-16(23)17(24)18(25)19(27-14)26-11-6-7-12(13(21)8-11)15(22)10-4-2-1-3-5-10/h1-8,14,16-21,23-25H,9H2/t14-,16-,17+,18-,19+/m1/s1. The summed E-state index contributed by atoms with van der Waals surface area (Å²) in [5.74, 6) is -0.625. The van der Waals surface area contributed by atoms with E-state index in [-0.39, 0.29) is 22.8 Å². The number of hydrogen-bond donors (Lipinski definition) is 5. The molecule has 1 aliphatic heterocycles. The molecule has 0 aromatic heterocycles. The highest BCUT2D eigenvalue weighted by Crippen LogP contribution is 2.29. The van der Waals surface area contributed by atoms with Gasteiger partial charge in [-0.1, -0.05) is 30.3 Å². The Bertz CT molecular complexity index is 792. The first-order valence-corrected chi connectivity index (χ1v) is 8.32. The third kappa shape index (κ3) is 3.95. The molecule has 0 amide bonds. The van der Waals surface area contributed by atoms with Crippen LogP contribution in [0.3, 0.4) is 0 Å². The second-order valence-corrected chi connectivity index (χ2v) is 6.19. The first-order valence-electron chi connectivity index (χ1n) is 8.32.